The molecule has 0 N–H and O–H groups in total. The van der Waals surface area contributed by atoms with Gasteiger partial charge in [-0.3, -0.25) is 0 Å². The minimum absolute atomic E-state index is 0.832. The van der Waals surface area contributed by atoms with Crippen molar-refractivity contribution in [3.63, 3.8) is 0 Å². The van der Waals surface area contributed by atoms with Gasteiger partial charge in [-0.25, -0.2) is 0 Å². The number of piperidine rings is 1. The fraction of sp³-hybridized carbons (Fsp3) is 1.00. The SMILES string of the molecule is CCCN1CC[C@@H](C)C[C@H]1C. The maximum Gasteiger partial charge on any atom is 0.00694 e. The molecule has 0 aromatic carbocycles. The van der Waals surface area contributed by atoms with Crippen LogP contribution in [-0.2, 0) is 0 Å². The molecule has 11 heavy (non-hydrogen) atoms. The summed E-state index contributed by atoms with van der Waals surface area (Å²) in [6.07, 6.45) is 4.11. The van der Waals surface area contributed by atoms with E-state index in [1.54, 1.807) is 0 Å². The molecule has 1 rings (SSSR count). The van der Waals surface area contributed by atoms with Gasteiger partial charge in [0, 0.05) is 6.04 Å². The number of likely N-dealkylation sites (tertiary alicyclic amines) is 1. The largest absolute Gasteiger partial charge is 0.301 e. The van der Waals surface area contributed by atoms with E-state index in [2.05, 4.69) is 25.7 Å². The van der Waals surface area contributed by atoms with Gasteiger partial charge in [-0.2, -0.15) is 0 Å². The second-order valence-corrected chi connectivity index (χ2v) is 4.01. The van der Waals surface area contributed by atoms with Gasteiger partial charge in [0.05, 0.1) is 0 Å². The molecule has 0 aromatic heterocycles. The summed E-state index contributed by atoms with van der Waals surface area (Å²) in [4.78, 5) is 2.62. The molecule has 66 valence electrons. The number of hydrogen-bond donors (Lipinski definition) is 0. The lowest BCUT2D eigenvalue weighted by Crippen LogP contribution is -2.40. The van der Waals surface area contributed by atoms with Gasteiger partial charge in [-0.15, -0.1) is 0 Å². The van der Waals surface area contributed by atoms with Gasteiger partial charge in [0.15, 0.2) is 0 Å². The number of nitrogens with zero attached hydrogens (tertiary/aromatic N) is 1. The van der Waals surface area contributed by atoms with E-state index in [0.29, 0.717) is 0 Å². The molecule has 2 atom stereocenters. The lowest BCUT2D eigenvalue weighted by Gasteiger charge is -2.36. The molecule has 1 heterocycles. The Morgan fingerprint density at radius 3 is 2.64 bits per heavy atom. The maximum atomic E-state index is 2.62. The third kappa shape index (κ3) is 2.48. The van der Waals surface area contributed by atoms with E-state index < -0.39 is 0 Å². The Labute approximate surface area is 70.8 Å². The Kier molecular flexibility index (Phi) is 3.38. The molecular formula is C10H21N. The van der Waals surface area contributed by atoms with Gasteiger partial charge in [0.1, 0.15) is 0 Å². The fourth-order valence-electron chi connectivity index (χ4n) is 2.08. The minimum atomic E-state index is 0.832. The van der Waals surface area contributed by atoms with Gasteiger partial charge in [-0.1, -0.05) is 13.8 Å². The zero-order valence-electron chi connectivity index (χ0n) is 8.14. The quantitative estimate of drug-likeness (QED) is 0.592. The van der Waals surface area contributed by atoms with Crippen molar-refractivity contribution in [3.05, 3.63) is 0 Å². The van der Waals surface area contributed by atoms with Gasteiger partial charge >= 0.3 is 0 Å². The van der Waals surface area contributed by atoms with Crippen molar-refractivity contribution in [1.29, 1.82) is 0 Å². The number of rotatable bonds is 2. The highest BCUT2D eigenvalue weighted by Crippen LogP contribution is 2.21. The van der Waals surface area contributed by atoms with Crippen molar-refractivity contribution < 1.29 is 0 Å². The lowest BCUT2D eigenvalue weighted by molar-refractivity contribution is 0.130. The highest BCUT2D eigenvalue weighted by Gasteiger charge is 2.21. The molecule has 0 spiro atoms. The first-order chi connectivity index (χ1) is 5.24. The Bertz CT molecular complexity index is 111. The van der Waals surface area contributed by atoms with Crippen LogP contribution < -0.4 is 0 Å². The van der Waals surface area contributed by atoms with Gasteiger partial charge in [0.2, 0.25) is 0 Å². The number of hydrogen-bond acceptors (Lipinski definition) is 1. The molecule has 0 bridgehead atoms. The van der Waals surface area contributed by atoms with Crippen LogP contribution in [-0.4, -0.2) is 24.0 Å². The van der Waals surface area contributed by atoms with E-state index >= 15 is 0 Å². The highest BCUT2D eigenvalue weighted by atomic mass is 15.2. The molecule has 1 aliphatic rings. The topological polar surface area (TPSA) is 3.24 Å². The van der Waals surface area contributed by atoms with Crippen molar-refractivity contribution in [2.24, 2.45) is 5.92 Å². The van der Waals surface area contributed by atoms with Crippen LogP contribution in [0.25, 0.3) is 0 Å². The maximum absolute atomic E-state index is 2.62. The molecule has 0 saturated carbocycles. The first-order valence-electron chi connectivity index (χ1n) is 4.98. The zero-order valence-corrected chi connectivity index (χ0v) is 8.14. The molecule has 1 aliphatic heterocycles. The first kappa shape index (κ1) is 9.05. The third-order valence-electron chi connectivity index (χ3n) is 2.79. The van der Waals surface area contributed by atoms with Crippen molar-refractivity contribution >= 4 is 0 Å². The van der Waals surface area contributed by atoms with E-state index in [1.807, 2.05) is 0 Å². The third-order valence-corrected chi connectivity index (χ3v) is 2.79. The summed E-state index contributed by atoms with van der Waals surface area (Å²) in [5, 5.41) is 0. The average Bonchev–Trinajstić information content (AvgIpc) is 1.95. The standard InChI is InChI=1S/C10H21N/c1-4-6-11-7-5-9(2)8-10(11)3/h9-10H,4-8H2,1-3H3/t9-,10-/m1/s1. The molecular weight excluding hydrogens is 134 g/mol. The van der Waals surface area contributed by atoms with E-state index in [1.165, 1.54) is 32.4 Å². The highest BCUT2D eigenvalue weighted by molar-refractivity contribution is 4.76. The molecule has 0 aliphatic carbocycles. The van der Waals surface area contributed by atoms with E-state index in [4.69, 9.17) is 0 Å². The van der Waals surface area contributed by atoms with Crippen LogP contribution in [0.5, 0.6) is 0 Å². The summed E-state index contributed by atoms with van der Waals surface area (Å²) in [5.41, 5.74) is 0. The normalized spacial score (nSPS) is 34.1. The van der Waals surface area contributed by atoms with Crippen LogP contribution in [0.15, 0.2) is 0 Å². The second kappa shape index (κ2) is 4.10. The molecule has 0 aromatic rings. The van der Waals surface area contributed by atoms with Crippen LogP contribution >= 0.6 is 0 Å². The van der Waals surface area contributed by atoms with Crippen LogP contribution in [0.1, 0.15) is 40.0 Å². The van der Waals surface area contributed by atoms with Crippen molar-refractivity contribution in [3.8, 4) is 0 Å². The summed E-state index contributed by atoms with van der Waals surface area (Å²) in [6.45, 7) is 9.64. The van der Waals surface area contributed by atoms with Gasteiger partial charge in [0.25, 0.3) is 0 Å². The first-order valence-corrected chi connectivity index (χ1v) is 4.98. The van der Waals surface area contributed by atoms with E-state index in [9.17, 15) is 0 Å². The van der Waals surface area contributed by atoms with Crippen molar-refractivity contribution in [2.45, 2.75) is 46.1 Å². The Balaban J connectivity index is 2.31. The van der Waals surface area contributed by atoms with Crippen molar-refractivity contribution in [1.82, 2.24) is 4.90 Å². The summed E-state index contributed by atoms with van der Waals surface area (Å²) >= 11 is 0. The van der Waals surface area contributed by atoms with Crippen LogP contribution in [0.4, 0.5) is 0 Å². The van der Waals surface area contributed by atoms with Crippen LogP contribution in [0.3, 0.4) is 0 Å². The molecule has 1 saturated heterocycles. The second-order valence-electron chi connectivity index (χ2n) is 4.01. The van der Waals surface area contributed by atoms with Crippen molar-refractivity contribution in [2.75, 3.05) is 13.1 Å². The Hall–Kier alpha value is -0.0400. The molecule has 0 unspecified atom stereocenters. The Morgan fingerprint density at radius 1 is 1.36 bits per heavy atom. The molecule has 1 fully saturated rings. The lowest BCUT2D eigenvalue weighted by atomic mass is 9.93. The van der Waals surface area contributed by atoms with E-state index in [-0.39, 0.29) is 0 Å². The summed E-state index contributed by atoms with van der Waals surface area (Å²) < 4.78 is 0. The zero-order chi connectivity index (χ0) is 8.27. The summed E-state index contributed by atoms with van der Waals surface area (Å²) in [7, 11) is 0. The molecule has 0 radical (unpaired) electrons. The summed E-state index contributed by atoms with van der Waals surface area (Å²) in [5.74, 6) is 0.957. The minimum Gasteiger partial charge on any atom is -0.301 e. The molecule has 1 nitrogen and oxygen atoms in total. The summed E-state index contributed by atoms with van der Waals surface area (Å²) in [6, 6.07) is 0.832. The average molecular weight is 155 g/mol. The van der Waals surface area contributed by atoms with Crippen LogP contribution in [0, 0.1) is 5.92 Å². The monoisotopic (exact) mass is 155 g/mol. The van der Waals surface area contributed by atoms with Gasteiger partial charge < -0.3 is 4.90 Å². The van der Waals surface area contributed by atoms with Crippen LogP contribution in [0.2, 0.25) is 0 Å². The molecule has 0 amide bonds. The Morgan fingerprint density at radius 2 is 2.09 bits per heavy atom. The predicted octanol–water partition coefficient (Wildman–Crippen LogP) is 2.52. The fourth-order valence-corrected chi connectivity index (χ4v) is 2.08. The van der Waals surface area contributed by atoms with Gasteiger partial charge in [-0.05, 0) is 45.2 Å². The molecule has 1 heteroatoms. The van der Waals surface area contributed by atoms with E-state index in [0.717, 1.165) is 12.0 Å². The smallest absolute Gasteiger partial charge is 0.00694 e. The predicted molar refractivity (Wildman–Crippen MR) is 49.7 cm³/mol.